The van der Waals surface area contributed by atoms with Gasteiger partial charge < -0.3 is 10.0 Å². The lowest BCUT2D eigenvalue weighted by molar-refractivity contribution is 0.281. The van der Waals surface area contributed by atoms with Crippen molar-refractivity contribution in [2.45, 2.75) is 49.0 Å². The van der Waals surface area contributed by atoms with E-state index < -0.39 is 0 Å². The van der Waals surface area contributed by atoms with Gasteiger partial charge in [0.2, 0.25) is 0 Å². The number of unbranched alkanes of at least 4 members (excludes halogenated alkanes) is 3. The van der Waals surface area contributed by atoms with Crippen molar-refractivity contribution < 1.29 is 5.11 Å². The molecule has 0 radical (unpaired) electrons. The number of hydrogen-bond acceptors (Lipinski definition) is 3. The molecule has 0 bridgehead atoms. The van der Waals surface area contributed by atoms with Gasteiger partial charge in [0.1, 0.15) is 0 Å². The van der Waals surface area contributed by atoms with Crippen LogP contribution < -0.4 is 4.90 Å². The summed E-state index contributed by atoms with van der Waals surface area (Å²) in [7, 11) is 0. The highest BCUT2D eigenvalue weighted by molar-refractivity contribution is 7.99. The van der Waals surface area contributed by atoms with Crippen molar-refractivity contribution >= 4 is 23.1 Å². The third kappa shape index (κ3) is 3.16. The lowest BCUT2D eigenvalue weighted by atomic mass is 10.1. The molecule has 3 rings (SSSR count). The maximum Gasteiger partial charge on any atom is 0.0682 e. The Hall–Kier alpha value is -1.45. The van der Waals surface area contributed by atoms with E-state index in [1.54, 1.807) is 11.8 Å². The van der Waals surface area contributed by atoms with Crippen molar-refractivity contribution in [3.05, 3.63) is 48.0 Å². The van der Waals surface area contributed by atoms with E-state index in [2.05, 4.69) is 48.2 Å². The van der Waals surface area contributed by atoms with Crippen LogP contribution in [0.2, 0.25) is 0 Å². The number of rotatable bonds is 6. The van der Waals surface area contributed by atoms with Crippen LogP contribution in [0, 0.1) is 0 Å². The van der Waals surface area contributed by atoms with Crippen molar-refractivity contribution in [1.82, 2.24) is 0 Å². The van der Waals surface area contributed by atoms with Crippen LogP contribution in [0.3, 0.4) is 0 Å². The molecule has 0 unspecified atom stereocenters. The predicted molar refractivity (Wildman–Crippen MR) is 94.1 cm³/mol. The van der Waals surface area contributed by atoms with E-state index in [0.717, 1.165) is 12.1 Å². The largest absolute Gasteiger partial charge is 0.392 e. The summed E-state index contributed by atoms with van der Waals surface area (Å²) in [6.07, 6.45) is 5.07. The second kappa shape index (κ2) is 7.21. The average molecular weight is 313 g/mol. The number of anilines is 2. The van der Waals surface area contributed by atoms with E-state index in [4.69, 9.17) is 0 Å². The van der Waals surface area contributed by atoms with Crippen LogP contribution in [0.1, 0.15) is 38.2 Å². The zero-order valence-electron chi connectivity index (χ0n) is 13.1. The number of para-hydroxylation sites is 1. The highest BCUT2D eigenvalue weighted by Gasteiger charge is 2.22. The number of fused-ring (bicyclic) bond motifs is 2. The number of aliphatic hydroxyl groups is 1. The molecule has 116 valence electrons. The van der Waals surface area contributed by atoms with Gasteiger partial charge in [0.25, 0.3) is 0 Å². The number of hydrogen-bond donors (Lipinski definition) is 1. The van der Waals surface area contributed by atoms with Crippen LogP contribution in [0.5, 0.6) is 0 Å². The molecule has 0 aromatic heterocycles. The molecule has 1 aliphatic rings. The zero-order valence-corrected chi connectivity index (χ0v) is 13.9. The molecule has 0 amide bonds. The molecular weight excluding hydrogens is 290 g/mol. The Morgan fingerprint density at radius 2 is 1.77 bits per heavy atom. The Morgan fingerprint density at radius 1 is 0.955 bits per heavy atom. The topological polar surface area (TPSA) is 23.5 Å². The summed E-state index contributed by atoms with van der Waals surface area (Å²) in [5.74, 6) is 0. The van der Waals surface area contributed by atoms with Crippen molar-refractivity contribution in [1.29, 1.82) is 0 Å². The predicted octanol–water partition coefficient (Wildman–Crippen LogP) is 5.36. The van der Waals surface area contributed by atoms with Gasteiger partial charge in [0, 0.05) is 16.3 Å². The molecule has 1 aliphatic heterocycles. The van der Waals surface area contributed by atoms with Gasteiger partial charge in [0.05, 0.1) is 18.0 Å². The van der Waals surface area contributed by atoms with E-state index in [-0.39, 0.29) is 6.61 Å². The van der Waals surface area contributed by atoms with Gasteiger partial charge in [-0.15, -0.1) is 0 Å². The molecule has 0 fully saturated rings. The van der Waals surface area contributed by atoms with Crippen LogP contribution in [0.25, 0.3) is 0 Å². The smallest absolute Gasteiger partial charge is 0.0682 e. The summed E-state index contributed by atoms with van der Waals surface area (Å²) < 4.78 is 0. The molecule has 0 saturated heterocycles. The van der Waals surface area contributed by atoms with Crippen molar-refractivity contribution in [3.63, 3.8) is 0 Å². The Morgan fingerprint density at radius 3 is 2.59 bits per heavy atom. The summed E-state index contributed by atoms with van der Waals surface area (Å²) in [4.78, 5) is 5.00. The van der Waals surface area contributed by atoms with E-state index in [1.165, 1.54) is 46.8 Å². The third-order valence-corrected chi connectivity index (χ3v) is 5.22. The van der Waals surface area contributed by atoms with Crippen LogP contribution in [-0.4, -0.2) is 11.7 Å². The van der Waals surface area contributed by atoms with E-state index in [9.17, 15) is 5.11 Å². The van der Waals surface area contributed by atoms with Gasteiger partial charge in [0.15, 0.2) is 0 Å². The Bertz CT molecular complexity index is 641. The van der Waals surface area contributed by atoms with Crippen LogP contribution in [0.4, 0.5) is 11.4 Å². The molecule has 0 atom stereocenters. The zero-order chi connectivity index (χ0) is 15.4. The minimum atomic E-state index is 0.103. The van der Waals surface area contributed by atoms with Gasteiger partial charge in [-0.2, -0.15) is 0 Å². The van der Waals surface area contributed by atoms with Gasteiger partial charge in [-0.25, -0.2) is 0 Å². The second-order valence-electron chi connectivity index (χ2n) is 5.74. The molecule has 3 heteroatoms. The summed E-state index contributed by atoms with van der Waals surface area (Å²) >= 11 is 1.81. The molecule has 0 spiro atoms. The minimum absolute atomic E-state index is 0.103. The van der Waals surface area contributed by atoms with Crippen molar-refractivity contribution in [2.75, 3.05) is 11.4 Å². The summed E-state index contributed by atoms with van der Waals surface area (Å²) in [5, 5.41) is 9.38. The first kappa shape index (κ1) is 15.4. The fraction of sp³-hybridized carbons (Fsp3) is 0.368. The number of benzene rings is 2. The molecule has 22 heavy (non-hydrogen) atoms. The highest BCUT2D eigenvalue weighted by atomic mass is 32.2. The normalized spacial score (nSPS) is 12.9. The monoisotopic (exact) mass is 313 g/mol. The summed E-state index contributed by atoms with van der Waals surface area (Å²) in [6, 6.07) is 14.9. The fourth-order valence-corrected chi connectivity index (χ4v) is 4.07. The lowest BCUT2D eigenvalue weighted by Crippen LogP contribution is -2.22. The second-order valence-corrected chi connectivity index (χ2v) is 6.83. The molecule has 1 heterocycles. The quantitative estimate of drug-likeness (QED) is 0.726. The number of nitrogens with zero attached hydrogens (tertiary/aromatic N) is 1. The molecule has 2 aromatic carbocycles. The SMILES string of the molecule is CCCCCCN1c2ccccc2Sc2cc(CO)ccc21. The molecule has 2 aromatic rings. The molecule has 0 aliphatic carbocycles. The van der Waals surface area contributed by atoms with E-state index in [0.29, 0.717) is 0 Å². The van der Waals surface area contributed by atoms with Crippen molar-refractivity contribution in [2.24, 2.45) is 0 Å². The summed E-state index contributed by atoms with van der Waals surface area (Å²) in [5.41, 5.74) is 3.57. The standard InChI is InChI=1S/C19H23NOS/c1-2-3-4-7-12-20-16-8-5-6-9-18(16)22-19-13-15(14-21)10-11-17(19)20/h5-6,8-11,13,21H,2-4,7,12,14H2,1H3. The van der Waals surface area contributed by atoms with E-state index in [1.807, 2.05) is 6.07 Å². The molecule has 2 nitrogen and oxygen atoms in total. The Kier molecular flexibility index (Phi) is 5.06. The maximum absolute atomic E-state index is 9.38. The fourth-order valence-electron chi connectivity index (χ4n) is 2.91. The first-order valence-corrected chi connectivity index (χ1v) is 8.93. The lowest BCUT2D eigenvalue weighted by Gasteiger charge is -2.33. The maximum atomic E-state index is 9.38. The molecule has 0 saturated carbocycles. The molecule has 1 N–H and O–H groups in total. The number of aliphatic hydroxyl groups excluding tert-OH is 1. The van der Waals surface area contributed by atoms with Gasteiger partial charge in [-0.1, -0.05) is 56.1 Å². The van der Waals surface area contributed by atoms with E-state index >= 15 is 0 Å². The average Bonchev–Trinajstić information content (AvgIpc) is 2.57. The van der Waals surface area contributed by atoms with Gasteiger partial charge >= 0.3 is 0 Å². The van der Waals surface area contributed by atoms with Crippen molar-refractivity contribution in [3.8, 4) is 0 Å². The van der Waals surface area contributed by atoms with Gasteiger partial charge in [-0.05, 0) is 36.2 Å². The van der Waals surface area contributed by atoms with Crippen LogP contribution >= 0.6 is 11.8 Å². The highest BCUT2D eigenvalue weighted by Crippen LogP contribution is 2.48. The Labute approximate surface area is 137 Å². The minimum Gasteiger partial charge on any atom is -0.392 e. The van der Waals surface area contributed by atoms with Gasteiger partial charge in [-0.3, -0.25) is 0 Å². The summed E-state index contributed by atoms with van der Waals surface area (Å²) in [6.45, 7) is 3.41. The Balaban J connectivity index is 1.90. The first-order chi connectivity index (χ1) is 10.8. The molecular formula is C19H23NOS. The third-order valence-electron chi connectivity index (χ3n) is 4.11. The van der Waals surface area contributed by atoms with Crippen LogP contribution in [-0.2, 0) is 6.61 Å². The first-order valence-electron chi connectivity index (χ1n) is 8.11. The van der Waals surface area contributed by atoms with Crippen LogP contribution in [0.15, 0.2) is 52.3 Å².